The summed E-state index contributed by atoms with van der Waals surface area (Å²) in [4.78, 5) is 13.1. The minimum absolute atomic E-state index is 0.0513. The first-order valence-electron chi connectivity index (χ1n) is 6.25. The van der Waals surface area contributed by atoms with E-state index in [-0.39, 0.29) is 11.6 Å². The van der Waals surface area contributed by atoms with Crippen molar-refractivity contribution in [3.63, 3.8) is 0 Å². The molecule has 0 saturated carbocycles. The van der Waals surface area contributed by atoms with Crippen LogP contribution in [-0.4, -0.2) is 23.0 Å². The smallest absolute Gasteiger partial charge is 0.339 e. The lowest BCUT2D eigenvalue weighted by Gasteiger charge is -2.25. The Morgan fingerprint density at radius 2 is 2.10 bits per heavy atom. The molecule has 106 valence electrons. The second kappa shape index (κ2) is 6.11. The minimum atomic E-state index is -0.979. The highest BCUT2D eigenvalue weighted by molar-refractivity contribution is 6.31. The Hall–Kier alpha value is -1.78. The number of halogens is 1. The molecule has 1 N–H and O–H groups in total. The van der Waals surface area contributed by atoms with Gasteiger partial charge >= 0.3 is 5.97 Å². The molecule has 0 amide bonds. The van der Waals surface area contributed by atoms with E-state index in [0.717, 1.165) is 5.56 Å². The summed E-state index contributed by atoms with van der Waals surface area (Å²) in [7, 11) is 1.90. The number of furan rings is 1. The molecule has 1 atom stereocenters. The Morgan fingerprint density at radius 1 is 1.40 bits per heavy atom. The number of hydrogen-bond acceptors (Lipinski definition) is 3. The van der Waals surface area contributed by atoms with Crippen molar-refractivity contribution < 1.29 is 14.3 Å². The molecular formula is C15H16ClNO3. The first-order chi connectivity index (χ1) is 9.50. The van der Waals surface area contributed by atoms with Crippen LogP contribution in [0.3, 0.4) is 0 Å². The summed E-state index contributed by atoms with van der Waals surface area (Å²) >= 11 is 6.18. The predicted octanol–water partition coefficient (Wildman–Crippen LogP) is 3.82. The number of carboxylic acids is 1. The number of benzene rings is 1. The standard InChI is InChI=1S/C15H16ClNO3/c1-10(11-5-3-4-6-13(11)16)17(2)9-14-12(15(18)19)7-8-20-14/h3-8,10H,9H2,1-2H3,(H,18,19). The highest BCUT2D eigenvalue weighted by Gasteiger charge is 2.19. The van der Waals surface area contributed by atoms with E-state index in [9.17, 15) is 4.79 Å². The first kappa shape index (κ1) is 14.6. The molecule has 1 aromatic heterocycles. The molecule has 20 heavy (non-hydrogen) atoms. The van der Waals surface area contributed by atoms with Gasteiger partial charge < -0.3 is 9.52 Å². The van der Waals surface area contributed by atoms with Crippen molar-refractivity contribution in [2.45, 2.75) is 19.5 Å². The van der Waals surface area contributed by atoms with Crippen LogP contribution in [0, 0.1) is 0 Å². The number of hydrogen-bond donors (Lipinski definition) is 1. The van der Waals surface area contributed by atoms with Gasteiger partial charge in [-0.15, -0.1) is 0 Å². The summed E-state index contributed by atoms with van der Waals surface area (Å²) in [5.41, 5.74) is 1.20. The van der Waals surface area contributed by atoms with Gasteiger partial charge in [0.1, 0.15) is 11.3 Å². The van der Waals surface area contributed by atoms with Gasteiger partial charge in [0.25, 0.3) is 0 Å². The molecule has 0 aliphatic carbocycles. The number of carbonyl (C=O) groups is 1. The van der Waals surface area contributed by atoms with Gasteiger partial charge in [0.15, 0.2) is 0 Å². The SMILES string of the molecule is CC(c1ccccc1Cl)N(C)Cc1occc1C(=O)O. The quantitative estimate of drug-likeness (QED) is 0.910. The van der Waals surface area contributed by atoms with Gasteiger partial charge in [0.05, 0.1) is 12.8 Å². The summed E-state index contributed by atoms with van der Waals surface area (Å²) < 4.78 is 5.26. The second-order valence-electron chi connectivity index (χ2n) is 4.68. The van der Waals surface area contributed by atoms with Crippen LogP contribution in [0.1, 0.15) is 34.6 Å². The van der Waals surface area contributed by atoms with Crippen molar-refractivity contribution in [2.75, 3.05) is 7.05 Å². The maximum absolute atomic E-state index is 11.1. The van der Waals surface area contributed by atoms with Crippen molar-refractivity contribution in [2.24, 2.45) is 0 Å². The van der Waals surface area contributed by atoms with Crippen LogP contribution in [0.4, 0.5) is 0 Å². The molecule has 4 nitrogen and oxygen atoms in total. The van der Waals surface area contributed by atoms with E-state index in [4.69, 9.17) is 21.1 Å². The van der Waals surface area contributed by atoms with E-state index in [0.29, 0.717) is 17.3 Å². The minimum Gasteiger partial charge on any atom is -0.478 e. The Kier molecular flexibility index (Phi) is 4.47. The van der Waals surface area contributed by atoms with E-state index < -0.39 is 5.97 Å². The molecule has 2 rings (SSSR count). The van der Waals surface area contributed by atoms with Crippen molar-refractivity contribution >= 4 is 17.6 Å². The second-order valence-corrected chi connectivity index (χ2v) is 5.08. The maximum Gasteiger partial charge on any atom is 0.339 e. The molecule has 1 unspecified atom stereocenters. The molecule has 0 aliphatic rings. The summed E-state index contributed by atoms with van der Waals surface area (Å²) in [5.74, 6) is -0.536. The van der Waals surface area contributed by atoms with Crippen LogP contribution < -0.4 is 0 Å². The van der Waals surface area contributed by atoms with E-state index in [2.05, 4.69) is 0 Å². The molecule has 0 aliphatic heterocycles. The molecule has 1 aromatic carbocycles. The Balaban J connectivity index is 2.16. The maximum atomic E-state index is 11.1. The topological polar surface area (TPSA) is 53.7 Å². The van der Waals surface area contributed by atoms with Crippen LogP contribution in [0.5, 0.6) is 0 Å². The summed E-state index contributed by atoms with van der Waals surface area (Å²) in [5, 5.41) is 9.77. The number of rotatable bonds is 5. The summed E-state index contributed by atoms with van der Waals surface area (Å²) in [6.45, 7) is 2.42. The fourth-order valence-corrected chi connectivity index (χ4v) is 2.36. The van der Waals surface area contributed by atoms with E-state index in [1.807, 2.05) is 43.1 Å². The van der Waals surface area contributed by atoms with Crippen molar-refractivity contribution in [3.8, 4) is 0 Å². The monoisotopic (exact) mass is 293 g/mol. The Bertz CT molecular complexity index is 609. The van der Waals surface area contributed by atoms with Gasteiger partial charge in [-0.1, -0.05) is 29.8 Å². The normalized spacial score (nSPS) is 12.6. The lowest BCUT2D eigenvalue weighted by atomic mass is 10.1. The van der Waals surface area contributed by atoms with E-state index in [1.165, 1.54) is 12.3 Å². The summed E-state index contributed by atoms with van der Waals surface area (Å²) in [6, 6.07) is 9.14. The zero-order valence-corrected chi connectivity index (χ0v) is 12.1. The Morgan fingerprint density at radius 3 is 2.75 bits per heavy atom. The van der Waals surface area contributed by atoms with Crippen LogP contribution in [-0.2, 0) is 6.54 Å². The van der Waals surface area contributed by atoms with Crippen LogP contribution in [0.15, 0.2) is 41.0 Å². The highest BCUT2D eigenvalue weighted by atomic mass is 35.5. The third-order valence-corrected chi connectivity index (χ3v) is 3.73. The van der Waals surface area contributed by atoms with Gasteiger partial charge in [-0.3, -0.25) is 4.90 Å². The molecule has 0 radical (unpaired) electrons. The van der Waals surface area contributed by atoms with Crippen molar-refractivity contribution in [3.05, 3.63) is 58.5 Å². The molecule has 2 aromatic rings. The number of nitrogens with zero attached hydrogens (tertiary/aromatic N) is 1. The van der Waals surface area contributed by atoms with E-state index >= 15 is 0 Å². The fourth-order valence-electron chi connectivity index (χ4n) is 2.07. The number of carboxylic acid groups (broad SMARTS) is 1. The third kappa shape index (κ3) is 3.03. The van der Waals surface area contributed by atoms with Crippen molar-refractivity contribution in [1.82, 2.24) is 4.90 Å². The average Bonchev–Trinajstić information content (AvgIpc) is 2.86. The number of aromatic carboxylic acids is 1. The zero-order chi connectivity index (χ0) is 14.7. The molecular weight excluding hydrogens is 278 g/mol. The summed E-state index contributed by atoms with van der Waals surface area (Å²) in [6.07, 6.45) is 1.40. The van der Waals surface area contributed by atoms with Gasteiger partial charge in [0.2, 0.25) is 0 Å². The molecule has 0 fully saturated rings. The fraction of sp³-hybridized carbons (Fsp3) is 0.267. The Labute approximate surface area is 122 Å². The molecule has 5 heteroatoms. The lowest BCUT2D eigenvalue weighted by molar-refractivity contribution is 0.0692. The highest BCUT2D eigenvalue weighted by Crippen LogP contribution is 2.27. The molecule has 0 saturated heterocycles. The van der Waals surface area contributed by atoms with Crippen molar-refractivity contribution in [1.29, 1.82) is 0 Å². The molecule has 0 spiro atoms. The largest absolute Gasteiger partial charge is 0.478 e. The van der Waals surface area contributed by atoms with Crippen LogP contribution in [0.25, 0.3) is 0 Å². The van der Waals surface area contributed by atoms with Crippen LogP contribution in [0.2, 0.25) is 5.02 Å². The van der Waals surface area contributed by atoms with Crippen LogP contribution >= 0.6 is 11.6 Å². The first-order valence-corrected chi connectivity index (χ1v) is 6.63. The van der Waals surface area contributed by atoms with Gasteiger partial charge in [-0.05, 0) is 31.7 Å². The average molecular weight is 294 g/mol. The van der Waals surface area contributed by atoms with Gasteiger partial charge in [0, 0.05) is 11.1 Å². The predicted molar refractivity (Wildman–Crippen MR) is 77.0 cm³/mol. The molecule has 0 bridgehead atoms. The van der Waals surface area contributed by atoms with Gasteiger partial charge in [-0.25, -0.2) is 4.79 Å². The molecule has 1 heterocycles. The van der Waals surface area contributed by atoms with Gasteiger partial charge in [-0.2, -0.15) is 0 Å². The third-order valence-electron chi connectivity index (χ3n) is 3.39. The zero-order valence-electron chi connectivity index (χ0n) is 11.3. The lowest BCUT2D eigenvalue weighted by Crippen LogP contribution is -2.22. The van der Waals surface area contributed by atoms with E-state index in [1.54, 1.807) is 0 Å².